The highest BCUT2D eigenvalue weighted by Gasteiger charge is 2.62. The minimum atomic E-state index is 0.0671. The van der Waals surface area contributed by atoms with Crippen LogP contribution in [0.25, 0.3) is 0 Å². The number of carbonyl (C=O) groups excluding carboxylic acids is 1. The lowest BCUT2D eigenvalue weighted by molar-refractivity contribution is -0.129. The molecule has 0 aromatic carbocycles. The van der Waals surface area contributed by atoms with Crippen molar-refractivity contribution >= 4 is 5.78 Å². The van der Waals surface area contributed by atoms with Gasteiger partial charge in [-0.25, -0.2) is 0 Å². The Morgan fingerprint density at radius 1 is 1.50 bits per heavy atom. The van der Waals surface area contributed by atoms with Gasteiger partial charge >= 0.3 is 0 Å². The van der Waals surface area contributed by atoms with Crippen molar-refractivity contribution in [2.45, 2.75) is 46.5 Å². The average Bonchev–Trinajstić information content (AvgIpc) is 2.36. The van der Waals surface area contributed by atoms with Gasteiger partial charge in [0, 0.05) is 11.8 Å². The van der Waals surface area contributed by atoms with Gasteiger partial charge < -0.3 is 0 Å². The molecule has 0 aliphatic heterocycles. The highest BCUT2D eigenvalue weighted by molar-refractivity contribution is 5.89. The molecular formula is C11H18O. The van der Waals surface area contributed by atoms with Crippen molar-refractivity contribution in [1.29, 1.82) is 0 Å². The molecule has 2 fully saturated rings. The Balaban J connectivity index is 2.46. The first kappa shape index (κ1) is 8.28. The van der Waals surface area contributed by atoms with Crippen LogP contribution in [0, 0.1) is 16.7 Å². The van der Waals surface area contributed by atoms with Gasteiger partial charge in [0.25, 0.3) is 0 Å². The van der Waals surface area contributed by atoms with E-state index in [2.05, 4.69) is 20.8 Å². The van der Waals surface area contributed by atoms with Gasteiger partial charge in [0.15, 0.2) is 0 Å². The second kappa shape index (κ2) is 2.12. The third kappa shape index (κ3) is 0.641. The molecule has 0 saturated heterocycles. The van der Waals surface area contributed by atoms with E-state index in [1.807, 2.05) is 0 Å². The van der Waals surface area contributed by atoms with Crippen LogP contribution in [0.3, 0.4) is 0 Å². The summed E-state index contributed by atoms with van der Waals surface area (Å²) in [5.41, 5.74) is 0.358. The molecule has 1 nitrogen and oxygen atoms in total. The predicted octanol–water partition coefficient (Wildman–Crippen LogP) is 2.79. The van der Waals surface area contributed by atoms with Gasteiger partial charge in [0.05, 0.1) is 0 Å². The number of ketones is 1. The van der Waals surface area contributed by atoms with E-state index >= 15 is 0 Å². The zero-order valence-electron chi connectivity index (χ0n) is 8.31. The van der Waals surface area contributed by atoms with Gasteiger partial charge in [-0.3, -0.25) is 4.79 Å². The molecule has 0 spiro atoms. The van der Waals surface area contributed by atoms with Gasteiger partial charge in [0.1, 0.15) is 5.78 Å². The molecule has 0 unspecified atom stereocenters. The van der Waals surface area contributed by atoms with E-state index in [9.17, 15) is 4.79 Å². The molecule has 1 heteroatoms. The first-order chi connectivity index (χ1) is 5.54. The summed E-state index contributed by atoms with van der Waals surface area (Å²) in [6, 6.07) is 0. The Morgan fingerprint density at radius 3 is 2.42 bits per heavy atom. The van der Waals surface area contributed by atoms with E-state index in [-0.39, 0.29) is 5.41 Å². The van der Waals surface area contributed by atoms with Crippen LogP contribution in [0.15, 0.2) is 0 Å². The number of hydrogen-bond acceptors (Lipinski definition) is 1. The summed E-state index contributed by atoms with van der Waals surface area (Å²) in [5, 5.41) is 0. The third-order valence-corrected chi connectivity index (χ3v) is 4.74. The molecule has 2 rings (SSSR count). The number of fused-ring (bicyclic) bond motifs is 2. The molecular weight excluding hydrogens is 148 g/mol. The van der Waals surface area contributed by atoms with Crippen LogP contribution in [-0.4, -0.2) is 5.78 Å². The van der Waals surface area contributed by atoms with Crippen molar-refractivity contribution in [1.82, 2.24) is 0 Å². The van der Waals surface area contributed by atoms with Crippen LogP contribution in [-0.2, 0) is 4.79 Å². The van der Waals surface area contributed by atoms with Crippen LogP contribution in [0.1, 0.15) is 46.5 Å². The predicted molar refractivity (Wildman–Crippen MR) is 48.9 cm³/mol. The molecule has 0 aromatic rings. The van der Waals surface area contributed by atoms with Gasteiger partial charge in [-0.05, 0) is 30.6 Å². The lowest BCUT2D eigenvalue weighted by atomic mass is 9.67. The largest absolute Gasteiger partial charge is 0.299 e. The summed E-state index contributed by atoms with van der Waals surface area (Å²) in [6.45, 7) is 6.76. The van der Waals surface area contributed by atoms with Crippen molar-refractivity contribution in [3.8, 4) is 0 Å². The van der Waals surface area contributed by atoms with Crippen LogP contribution in [0.4, 0.5) is 0 Å². The van der Waals surface area contributed by atoms with Crippen LogP contribution < -0.4 is 0 Å². The molecule has 0 heterocycles. The maximum atomic E-state index is 11.8. The SMILES string of the molecule is CC[C@@]12CC[C@@H](CC1=O)C2(C)C. The smallest absolute Gasteiger partial charge is 0.139 e. The Morgan fingerprint density at radius 2 is 2.17 bits per heavy atom. The first-order valence-electron chi connectivity index (χ1n) is 5.08. The second-order valence-electron chi connectivity index (χ2n) is 5.02. The molecule has 12 heavy (non-hydrogen) atoms. The van der Waals surface area contributed by atoms with E-state index in [1.165, 1.54) is 6.42 Å². The number of carbonyl (C=O) groups is 1. The summed E-state index contributed by atoms with van der Waals surface area (Å²) < 4.78 is 0. The summed E-state index contributed by atoms with van der Waals surface area (Å²) in [4.78, 5) is 11.8. The molecule has 2 aliphatic carbocycles. The molecule has 2 bridgehead atoms. The normalized spacial score (nSPS) is 43.9. The van der Waals surface area contributed by atoms with Crippen LogP contribution >= 0.6 is 0 Å². The van der Waals surface area contributed by atoms with Crippen molar-refractivity contribution in [2.24, 2.45) is 16.7 Å². The maximum absolute atomic E-state index is 11.8. The standard InChI is InChI=1S/C11H18O/c1-4-11-6-5-8(7-9(11)12)10(11,2)3/h8H,4-7H2,1-3H3/t8-,11+/m0/s1. The van der Waals surface area contributed by atoms with E-state index in [0.29, 0.717) is 17.1 Å². The van der Waals surface area contributed by atoms with Crippen LogP contribution in [0.2, 0.25) is 0 Å². The van der Waals surface area contributed by atoms with E-state index in [4.69, 9.17) is 0 Å². The third-order valence-electron chi connectivity index (χ3n) is 4.74. The van der Waals surface area contributed by atoms with Gasteiger partial charge in [-0.2, -0.15) is 0 Å². The Kier molecular flexibility index (Phi) is 1.47. The minimum absolute atomic E-state index is 0.0671. The molecule has 0 N–H and O–H groups in total. The summed E-state index contributed by atoms with van der Waals surface area (Å²) in [5.74, 6) is 1.23. The lowest BCUT2D eigenvalue weighted by Gasteiger charge is -2.35. The van der Waals surface area contributed by atoms with Crippen molar-refractivity contribution in [3.63, 3.8) is 0 Å². The number of rotatable bonds is 1. The Bertz CT molecular complexity index is 229. The Hall–Kier alpha value is -0.330. The van der Waals surface area contributed by atoms with Crippen molar-refractivity contribution < 1.29 is 4.79 Å². The van der Waals surface area contributed by atoms with Gasteiger partial charge in [-0.15, -0.1) is 0 Å². The fourth-order valence-corrected chi connectivity index (χ4v) is 3.60. The Labute approximate surface area is 74.5 Å². The van der Waals surface area contributed by atoms with Crippen molar-refractivity contribution in [2.75, 3.05) is 0 Å². The lowest BCUT2D eigenvalue weighted by Crippen LogP contribution is -2.34. The van der Waals surface area contributed by atoms with E-state index in [1.54, 1.807) is 0 Å². The zero-order chi connectivity index (χ0) is 8.98. The average molecular weight is 166 g/mol. The summed E-state index contributed by atoms with van der Waals surface area (Å²) in [6.07, 6.45) is 4.35. The van der Waals surface area contributed by atoms with Gasteiger partial charge in [0.2, 0.25) is 0 Å². The molecule has 68 valence electrons. The minimum Gasteiger partial charge on any atom is -0.299 e. The number of Topliss-reactive ketones (excluding diaryl/α,β-unsaturated/α-hetero) is 1. The zero-order valence-corrected chi connectivity index (χ0v) is 8.31. The van der Waals surface area contributed by atoms with E-state index in [0.717, 1.165) is 19.3 Å². The quantitative estimate of drug-likeness (QED) is 0.585. The highest BCUT2D eigenvalue weighted by Crippen LogP contribution is 2.65. The van der Waals surface area contributed by atoms with E-state index < -0.39 is 0 Å². The molecule has 0 amide bonds. The van der Waals surface area contributed by atoms with Crippen molar-refractivity contribution in [3.05, 3.63) is 0 Å². The molecule has 0 aromatic heterocycles. The monoisotopic (exact) mass is 166 g/mol. The first-order valence-corrected chi connectivity index (χ1v) is 5.08. The summed E-state index contributed by atoms with van der Waals surface area (Å²) in [7, 11) is 0. The molecule has 0 radical (unpaired) electrons. The maximum Gasteiger partial charge on any atom is 0.139 e. The topological polar surface area (TPSA) is 17.1 Å². The summed E-state index contributed by atoms with van der Waals surface area (Å²) >= 11 is 0. The number of hydrogen-bond donors (Lipinski definition) is 0. The van der Waals surface area contributed by atoms with Gasteiger partial charge in [-0.1, -0.05) is 20.8 Å². The van der Waals surface area contributed by atoms with Crippen LogP contribution in [0.5, 0.6) is 0 Å². The fourth-order valence-electron chi connectivity index (χ4n) is 3.60. The highest BCUT2D eigenvalue weighted by atomic mass is 16.1. The molecule has 2 atom stereocenters. The molecule has 2 saturated carbocycles. The molecule has 2 aliphatic rings. The second-order valence-corrected chi connectivity index (χ2v) is 5.02. The fraction of sp³-hybridized carbons (Fsp3) is 0.909.